The highest BCUT2D eigenvalue weighted by molar-refractivity contribution is 5.31. The summed E-state index contributed by atoms with van der Waals surface area (Å²) in [5.41, 5.74) is 7.15. The van der Waals surface area contributed by atoms with E-state index >= 15 is 0 Å². The molecule has 0 radical (unpaired) electrons. The molecule has 2 unspecified atom stereocenters. The molecule has 0 aliphatic heterocycles. The lowest BCUT2D eigenvalue weighted by atomic mass is 9.70. The average molecular weight is 219 g/mol. The van der Waals surface area contributed by atoms with E-state index in [0.29, 0.717) is 11.8 Å². The molecule has 0 bridgehead atoms. The van der Waals surface area contributed by atoms with Crippen LogP contribution in [0.25, 0.3) is 0 Å². The minimum atomic E-state index is 0.685. The van der Waals surface area contributed by atoms with Crippen LogP contribution in [0.5, 0.6) is 5.75 Å². The molecule has 2 nitrogen and oxygen atoms in total. The van der Waals surface area contributed by atoms with E-state index in [1.54, 1.807) is 0 Å². The molecule has 1 aliphatic rings. The number of hydrogen-bond donors (Lipinski definition) is 1. The molecule has 1 aromatic rings. The summed E-state index contributed by atoms with van der Waals surface area (Å²) in [5.74, 6) is 2.36. The van der Waals surface area contributed by atoms with Gasteiger partial charge in [-0.05, 0) is 55.3 Å². The van der Waals surface area contributed by atoms with Crippen molar-refractivity contribution in [2.75, 3.05) is 13.2 Å². The summed E-state index contributed by atoms with van der Waals surface area (Å²) >= 11 is 0. The highest BCUT2D eigenvalue weighted by atomic mass is 16.5. The van der Waals surface area contributed by atoms with Gasteiger partial charge in [-0.3, -0.25) is 0 Å². The second-order valence-electron chi connectivity index (χ2n) is 4.60. The Morgan fingerprint density at radius 1 is 1.25 bits per heavy atom. The van der Waals surface area contributed by atoms with Gasteiger partial charge in [-0.15, -0.1) is 0 Å². The lowest BCUT2D eigenvalue weighted by Gasteiger charge is -2.36. The minimum Gasteiger partial charge on any atom is -0.494 e. The van der Waals surface area contributed by atoms with Crippen molar-refractivity contribution in [2.45, 2.75) is 32.1 Å². The van der Waals surface area contributed by atoms with E-state index in [1.165, 1.54) is 18.4 Å². The molecule has 88 valence electrons. The van der Waals surface area contributed by atoms with Gasteiger partial charge < -0.3 is 10.5 Å². The summed E-state index contributed by atoms with van der Waals surface area (Å²) in [6.07, 6.45) is 3.63. The number of nitrogens with two attached hydrogens (primary N) is 1. The first-order valence-corrected chi connectivity index (χ1v) is 6.28. The van der Waals surface area contributed by atoms with Crippen LogP contribution in [0.15, 0.2) is 24.3 Å². The van der Waals surface area contributed by atoms with Crippen LogP contribution in [0.3, 0.4) is 0 Å². The summed E-state index contributed by atoms with van der Waals surface area (Å²) in [4.78, 5) is 0. The number of hydrogen-bond acceptors (Lipinski definition) is 2. The lowest BCUT2D eigenvalue weighted by Crippen LogP contribution is -2.30. The van der Waals surface area contributed by atoms with Crippen molar-refractivity contribution < 1.29 is 4.74 Å². The molecule has 0 amide bonds. The molecular formula is C14H21NO. The third-order valence-electron chi connectivity index (χ3n) is 3.50. The van der Waals surface area contributed by atoms with Gasteiger partial charge in [0.1, 0.15) is 5.75 Å². The van der Waals surface area contributed by atoms with Gasteiger partial charge in [0.25, 0.3) is 0 Å². The summed E-state index contributed by atoms with van der Waals surface area (Å²) in [6.45, 7) is 3.74. The van der Waals surface area contributed by atoms with Crippen LogP contribution >= 0.6 is 0 Å². The Hall–Kier alpha value is -1.02. The largest absolute Gasteiger partial charge is 0.494 e. The summed E-state index contributed by atoms with van der Waals surface area (Å²) in [6, 6.07) is 8.54. The van der Waals surface area contributed by atoms with Gasteiger partial charge in [-0.25, -0.2) is 0 Å². The molecule has 2 N–H and O–H groups in total. The summed E-state index contributed by atoms with van der Waals surface area (Å²) < 4.78 is 5.57. The van der Waals surface area contributed by atoms with Crippen LogP contribution in [0.2, 0.25) is 0 Å². The molecule has 0 heterocycles. The molecule has 1 aliphatic carbocycles. The maximum atomic E-state index is 5.73. The van der Waals surface area contributed by atoms with Crippen LogP contribution in [0.4, 0.5) is 0 Å². The first-order valence-electron chi connectivity index (χ1n) is 6.28. The monoisotopic (exact) mass is 219 g/mol. The van der Waals surface area contributed by atoms with E-state index in [9.17, 15) is 0 Å². The van der Waals surface area contributed by atoms with Crippen molar-refractivity contribution in [2.24, 2.45) is 11.7 Å². The van der Waals surface area contributed by atoms with Crippen molar-refractivity contribution in [3.8, 4) is 5.75 Å². The van der Waals surface area contributed by atoms with Crippen LogP contribution in [0.1, 0.15) is 37.7 Å². The third kappa shape index (κ3) is 2.38. The summed E-state index contributed by atoms with van der Waals surface area (Å²) in [5, 5.41) is 0. The van der Waals surface area contributed by atoms with Crippen molar-refractivity contribution >= 4 is 0 Å². The van der Waals surface area contributed by atoms with Gasteiger partial charge in [0, 0.05) is 0 Å². The Kier molecular flexibility index (Phi) is 3.83. The highest BCUT2D eigenvalue weighted by Gasteiger charge is 2.30. The van der Waals surface area contributed by atoms with Crippen LogP contribution in [0, 0.1) is 5.92 Å². The molecule has 0 aromatic heterocycles. The second-order valence-corrected chi connectivity index (χ2v) is 4.60. The van der Waals surface area contributed by atoms with E-state index in [1.807, 2.05) is 0 Å². The lowest BCUT2D eigenvalue weighted by molar-refractivity contribution is 0.263. The van der Waals surface area contributed by atoms with Gasteiger partial charge in [0.15, 0.2) is 0 Å². The fourth-order valence-electron chi connectivity index (χ4n) is 2.32. The predicted octanol–water partition coefficient (Wildman–Crippen LogP) is 2.93. The van der Waals surface area contributed by atoms with Crippen molar-refractivity contribution in [3.05, 3.63) is 29.8 Å². The highest BCUT2D eigenvalue weighted by Crippen LogP contribution is 2.41. The number of benzene rings is 1. The zero-order valence-electron chi connectivity index (χ0n) is 9.99. The molecule has 2 rings (SSSR count). The second kappa shape index (κ2) is 5.35. The van der Waals surface area contributed by atoms with E-state index in [4.69, 9.17) is 10.5 Å². The molecule has 2 atom stereocenters. The molecule has 1 fully saturated rings. The van der Waals surface area contributed by atoms with Crippen LogP contribution < -0.4 is 10.5 Å². The molecule has 16 heavy (non-hydrogen) atoms. The zero-order chi connectivity index (χ0) is 11.4. The Morgan fingerprint density at radius 2 is 2.00 bits per heavy atom. The molecule has 1 aromatic carbocycles. The minimum absolute atomic E-state index is 0.685. The molecule has 1 saturated carbocycles. The molecular weight excluding hydrogens is 198 g/mol. The van der Waals surface area contributed by atoms with E-state index in [-0.39, 0.29) is 0 Å². The molecule has 2 heteroatoms. The summed E-state index contributed by atoms with van der Waals surface area (Å²) in [7, 11) is 0. The Labute approximate surface area is 97.8 Å². The topological polar surface area (TPSA) is 35.2 Å². The van der Waals surface area contributed by atoms with Crippen LogP contribution in [-0.4, -0.2) is 13.2 Å². The normalized spacial score (nSPS) is 23.9. The predicted molar refractivity (Wildman–Crippen MR) is 66.7 cm³/mol. The molecule has 0 saturated heterocycles. The Balaban J connectivity index is 1.96. The van der Waals surface area contributed by atoms with Gasteiger partial charge in [-0.1, -0.05) is 19.1 Å². The maximum absolute atomic E-state index is 5.73. The maximum Gasteiger partial charge on any atom is 0.119 e. The molecule has 0 spiro atoms. The smallest absolute Gasteiger partial charge is 0.119 e. The average Bonchev–Trinajstić information content (AvgIpc) is 2.27. The standard InChI is InChI=1S/C14H21NO/c1-2-9-16-13-6-3-11(4-7-13)14-8-5-12(14)10-15/h3-4,6-7,12,14H,2,5,8-10,15H2,1H3. The first kappa shape index (κ1) is 11.5. The van der Waals surface area contributed by atoms with Crippen molar-refractivity contribution in [1.82, 2.24) is 0 Å². The Bertz CT molecular complexity index is 318. The van der Waals surface area contributed by atoms with E-state index < -0.39 is 0 Å². The van der Waals surface area contributed by atoms with Gasteiger partial charge in [0.05, 0.1) is 6.61 Å². The SMILES string of the molecule is CCCOc1ccc(C2CCC2CN)cc1. The van der Waals surface area contributed by atoms with Crippen molar-refractivity contribution in [3.63, 3.8) is 0 Å². The number of ether oxygens (including phenoxy) is 1. The van der Waals surface area contributed by atoms with E-state index in [2.05, 4.69) is 31.2 Å². The van der Waals surface area contributed by atoms with Gasteiger partial charge in [0.2, 0.25) is 0 Å². The fourth-order valence-corrected chi connectivity index (χ4v) is 2.32. The van der Waals surface area contributed by atoms with Gasteiger partial charge >= 0.3 is 0 Å². The first-order chi connectivity index (χ1) is 7.85. The van der Waals surface area contributed by atoms with E-state index in [0.717, 1.165) is 25.3 Å². The fraction of sp³-hybridized carbons (Fsp3) is 0.571. The third-order valence-corrected chi connectivity index (χ3v) is 3.50. The van der Waals surface area contributed by atoms with Crippen molar-refractivity contribution in [1.29, 1.82) is 0 Å². The van der Waals surface area contributed by atoms with Crippen LogP contribution in [-0.2, 0) is 0 Å². The Morgan fingerprint density at radius 3 is 2.50 bits per heavy atom. The number of rotatable bonds is 5. The zero-order valence-corrected chi connectivity index (χ0v) is 9.99. The van der Waals surface area contributed by atoms with Gasteiger partial charge in [-0.2, -0.15) is 0 Å². The quantitative estimate of drug-likeness (QED) is 0.826.